The summed E-state index contributed by atoms with van der Waals surface area (Å²) in [6, 6.07) is 7.37. The van der Waals surface area contributed by atoms with E-state index in [1.807, 2.05) is 0 Å². The van der Waals surface area contributed by atoms with E-state index >= 15 is 0 Å². The van der Waals surface area contributed by atoms with Gasteiger partial charge in [0.05, 0.1) is 4.92 Å². The first-order chi connectivity index (χ1) is 10.4. The number of nitrogens with zero attached hydrogens (tertiary/aromatic N) is 2. The number of pyridine rings is 1. The molecule has 0 aliphatic rings. The van der Waals surface area contributed by atoms with Crippen LogP contribution in [0.25, 0.3) is 0 Å². The molecule has 1 aromatic carbocycles. The van der Waals surface area contributed by atoms with Gasteiger partial charge in [0.15, 0.2) is 0 Å². The average Bonchev–Trinajstić information content (AvgIpc) is 2.45. The second-order valence-corrected chi connectivity index (χ2v) is 5.30. The van der Waals surface area contributed by atoms with Crippen molar-refractivity contribution in [3.05, 3.63) is 56.6 Å². The van der Waals surface area contributed by atoms with Gasteiger partial charge in [0.2, 0.25) is 5.82 Å². The standard InChI is InChI=1S/C16H20N4O2/c1-10-7-11(2)13(12(3)8-10)9-18-15-6-5-14(20(21)22)16(17-4)19-15/h5-8H,9H2,1-4H3,(H2,17,18,19). The van der Waals surface area contributed by atoms with E-state index in [9.17, 15) is 10.1 Å². The summed E-state index contributed by atoms with van der Waals surface area (Å²) in [4.78, 5) is 14.7. The van der Waals surface area contributed by atoms with Gasteiger partial charge in [0.1, 0.15) is 5.82 Å². The van der Waals surface area contributed by atoms with Crippen LogP contribution in [-0.2, 0) is 6.54 Å². The lowest BCUT2D eigenvalue weighted by atomic mass is 10.00. The number of anilines is 2. The summed E-state index contributed by atoms with van der Waals surface area (Å²) in [7, 11) is 1.62. The molecule has 0 aliphatic heterocycles. The minimum Gasteiger partial charge on any atom is -0.367 e. The van der Waals surface area contributed by atoms with Crippen molar-refractivity contribution in [3.8, 4) is 0 Å². The number of nitrogens with one attached hydrogen (secondary N) is 2. The summed E-state index contributed by atoms with van der Waals surface area (Å²) >= 11 is 0. The topological polar surface area (TPSA) is 80.1 Å². The van der Waals surface area contributed by atoms with Gasteiger partial charge in [-0.2, -0.15) is 0 Å². The molecule has 1 heterocycles. The Morgan fingerprint density at radius 3 is 2.36 bits per heavy atom. The van der Waals surface area contributed by atoms with Crippen molar-refractivity contribution in [2.75, 3.05) is 17.7 Å². The van der Waals surface area contributed by atoms with Crippen molar-refractivity contribution in [3.63, 3.8) is 0 Å². The fourth-order valence-electron chi connectivity index (χ4n) is 2.55. The SMILES string of the molecule is CNc1nc(NCc2c(C)cc(C)cc2C)ccc1[N+](=O)[O-]. The Morgan fingerprint density at radius 1 is 1.18 bits per heavy atom. The van der Waals surface area contributed by atoms with E-state index < -0.39 is 4.92 Å². The van der Waals surface area contributed by atoms with Crippen molar-refractivity contribution >= 4 is 17.3 Å². The van der Waals surface area contributed by atoms with Crippen molar-refractivity contribution in [1.82, 2.24) is 4.98 Å². The molecule has 116 valence electrons. The van der Waals surface area contributed by atoms with Gasteiger partial charge in [-0.05, 0) is 43.5 Å². The van der Waals surface area contributed by atoms with Crippen LogP contribution in [0.5, 0.6) is 0 Å². The van der Waals surface area contributed by atoms with E-state index in [4.69, 9.17) is 0 Å². The molecule has 0 atom stereocenters. The molecular weight excluding hydrogens is 280 g/mol. The Hall–Kier alpha value is -2.63. The lowest BCUT2D eigenvalue weighted by Crippen LogP contribution is -2.07. The molecule has 0 saturated carbocycles. The smallest absolute Gasteiger partial charge is 0.311 e. The Morgan fingerprint density at radius 2 is 1.82 bits per heavy atom. The zero-order valence-electron chi connectivity index (χ0n) is 13.2. The molecule has 2 rings (SSSR count). The zero-order valence-corrected chi connectivity index (χ0v) is 13.2. The van der Waals surface area contributed by atoms with Crippen LogP contribution < -0.4 is 10.6 Å². The molecule has 0 aliphatic carbocycles. The minimum absolute atomic E-state index is 0.0317. The Labute approximate surface area is 129 Å². The summed E-state index contributed by atoms with van der Waals surface area (Å²) in [5.41, 5.74) is 4.87. The van der Waals surface area contributed by atoms with E-state index in [1.54, 1.807) is 13.1 Å². The molecule has 0 amide bonds. The fraction of sp³-hybridized carbons (Fsp3) is 0.312. The lowest BCUT2D eigenvalue weighted by molar-refractivity contribution is -0.384. The fourth-order valence-corrected chi connectivity index (χ4v) is 2.55. The summed E-state index contributed by atoms with van der Waals surface area (Å²) in [5.74, 6) is 0.863. The first-order valence-electron chi connectivity index (χ1n) is 7.06. The molecule has 0 bridgehead atoms. The highest BCUT2D eigenvalue weighted by molar-refractivity contribution is 5.60. The van der Waals surface area contributed by atoms with E-state index in [0.29, 0.717) is 12.4 Å². The highest BCUT2D eigenvalue weighted by Gasteiger charge is 2.14. The molecule has 22 heavy (non-hydrogen) atoms. The maximum Gasteiger partial charge on any atom is 0.311 e. The number of hydrogen-bond donors (Lipinski definition) is 2. The van der Waals surface area contributed by atoms with Gasteiger partial charge in [0.25, 0.3) is 0 Å². The number of hydrogen-bond acceptors (Lipinski definition) is 5. The van der Waals surface area contributed by atoms with Crippen LogP contribution in [0.1, 0.15) is 22.3 Å². The molecular formula is C16H20N4O2. The molecule has 0 radical (unpaired) electrons. The molecule has 2 N–H and O–H groups in total. The first-order valence-corrected chi connectivity index (χ1v) is 7.06. The molecule has 0 unspecified atom stereocenters. The zero-order chi connectivity index (χ0) is 16.3. The number of aryl methyl sites for hydroxylation is 3. The monoisotopic (exact) mass is 300 g/mol. The van der Waals surface area contributed by atoms with Gasteiger partial charge in [-0.3, -0.25) is 10.1 Å². The average molecular weight is 300 g/mol. The van der Waals surface area contributed by atoms with Crippen LogP contribution in [-0.4, -0.2) is 17.0 Å². The van der Waals surface area contributed by atoms with E-state index in [-0.39, 0.29) is 11.5 Å². The van der Waals surface area contributed by atoms with E-state index in [2.05, 4.69) is 48.5 Å². The van der Waals surface area contributed by atoms with E-state index in [0.717, 1.165) is 0 Å². The number of nitro groups is 1. The molecule has 6 heteroatoms. The van der Waals surface area contributed by atoms with Crippen molar-refractivity contribution in [2.24, 2.45) is 0 Å². The minimum atomic E-state index is -0.448. The van der Waals surface area contributed by atoms with Gasteiger partial charge in [-0.1, -0.05) is 17.7 Å². The number of aromatic nitrogens is 1. The number of rotatable bonds is 5. The van der Waals surface area contributed by atoms with Crippen LogP contribution in [0.3, 0.4) is 0 Å². The second-order valence-electron chi connectivity index (χ2n) is 5.30. The van der Waals surface area contributed by atoms with Crippen molar-refractivity contribution in [2.45, 2.75) is 27.3 Å². The van der Waals surface area contributed by atoms with Gasteiger partial charge in [-0.25, -0.2) is 4.98 Å². The van der Waals surface area contributed by atoms with Gasteiger partial charge in [0, 0.05) is 19.7 Å². The summed E-state index contributed by atoms with van der Waals surface area (Å²) in [5, 5.41) is 16.9. The third-order valence-electron chi connectivity index (χ3n) is 3.59. The van der Waals surface area contributed by atoms with Crippen molar-refractivity contribution in [1.29, 1.82) is 0 Å². The summed E-state index contributed by atoms with van der Waals surface area (Å²) in [6.07, 6.45) is 0. The molecule has 0 fully saturated rings. The molecule has 0 saturated heterocycles. The predicted molar refractivity (Wildman–Crippen MR) is 88.4 cm³/mol. The van der Waals surface area contributed by atoms with Crippen molar-refractivity contribution < 1.29 is 4.92 Å². The largest absolute Gasteiger partial charge is 0.367 e. The second kappa shape index (κ2) is 6.43. The highest BCUT2D eigenvalue weighted by Crippen LogP contribution is 2.24. The normalized spacial score (nSPS) is 10.4. The first kappa shape index (κ1) is 15.8. The van der Waals surface area contributed by atoms with Crippen LogP contribution in [0.15, 0.2) is 24.3 Å². The molecule has 1 aromatic heterocycles. The van der Waals surface area contributed by atoms with E-state index in [1.165, 1.54) is 28.3 Å². The Bertz CT molecular complexity index is 690. The maximum absolute atomic E-state index is 10.9. The van der Waals surface area contributed by atoms with Gasteiger partial charge in [-0.15, -0.1) is 0 Å². The summed E-state index contributed by atoms with van der Waals surface area (Å²) in [6.45, 7) is 6.87. The van der Waals surface area contributed by atoms with Crippen LogP contribution >= 0.6 is 0 Å². The van der Waals surface area contributed by atoms with Crippen LogP contribution in [0.2, 0.25) is 0 Å². The third-order valence-corrected chi connectivity index (χ3v) is 3.59. The predicted octanol–water partition coefficient (Wildman–Crippen LogP) is 3.57. The maximum atomic E-state index is 10.9. The third kappa shape index (κ3) is 3.33. The van der Waals surface area contributed by atoms with Crippen LogP contribution in [0.4, 0.5) is 17.3 Å². The molecule has 2 aromatic rings. The Kier molecular flexibility index (Phi) is 4.60. The molecule has 0 spiro atoms. The lowest BCUT2D eigenvalue weighted by Gasteiger charge is -2.13. The highest BCUT2D eigenvalue weighted by atomic mass is 16.6. The summed E-state index contributed by atoms with van der Waals surface area (Å²) < 4.78 is 0. The van der Waals surface area contributed by atoms with Gasteiger partial charge < -0.3 is 10.6 Å². The quantitative estimate of drug-likeness (QED) is 0.652. The molecule has 6 nitrogen and oxygen atoms in total. The Balaban J connectivity index is 2.21. The number of benzene rings is 1. The van der Waals surface area contributed by atoms with Crippen LogP contribution in [0, 0.1) is 30.9 Å². The van der Waals surface area contributed by atoms with Gasteiger partial charge >= 0.3 is 5.69 Å².